The first-order valence-electron chi connectivity index (χ1n) is 10.6. The van der Waals surface area contributed by atoms with Crippen LogP contribution in [0.1, 0.15) is 44.1 Å². The Morgan fingerprint density at radius 2 is 1.89 bits per heavy atom. The lowest BCUT2D eigenvalue weighted by atomic mass is 9.99. The number of aromatic nitrogens is 1. The standard InChI is InChI=1S/C17H22N/c1-5-14-11-17(18(4)12-15(14)6-2)16-10-8-7-9-13(16)3/h7-12H,5-6H2,1-4H3/q+1/i1D3,2D3,5D2,6D2. The molecule has 0 amide bonds. The second-order valence-electron chi connectivity index (χ2n) is 4.16. The van der Waals surface area contributed by atoms with E-state index < -0.39 is 37.6 Å². The van der Waals surface area contributed by atoms with Gasteiger partial charge in [-0.25, -0.2) is 4.57 Å². The summed E-state index contributed by atoms with van der Waals surface area (Å²) in [5, 5.41) is 0. The van der Waals surface area contributed by atoms with E-state index in [4.69, 9.17) is 13.7 Å². The Kier molecular flexibility index (Phi) is 1.53. The molecule has 2 aromatic rings. The Morgan fingerprint density at radius 1 is 1.17 bits per heavy atom. The lowest BCUT2D eigenvalue weighted by Crippen LogP contribution is -2.32. The van der Waals surface area contributed by atoms with Crippen molar-refractivity contribution in [3.63, 3.8) is 0 Å². The molecule has 0 saturated carbocycles. The molecule has 1 aromatic carbocycles. The zero-order chi connectivity index (χ0) is 21.7. The number of nitrogens with zero attached hydrogens (tertiary/aromatic N) is 1. The maximum Gasteiger partial charge on any atom is 0.212 e. The van der Waals surface area contributed by atoms with Gasteiger partial charge in [0.05, 0.1) is 0 Å². The molecule has 1 nitrogen and oxygen atoms in total. The van der Waals surface area contributed by atoms with E-state index in [-0.39, 0.29) is 0 Å². The number of hydrogen-bond acceptors (Lipinski definition) is 0. The van der Waals surface area contributed by atoms with Crippen LogP contribution in [0, 0.1) is 6.92 Å². The predicted octanol–water partition coefficient (Wildman–Crippen LogP) is 3.61. The summed E-state index contributed by atoms with van der Waals surface area (Å²) in [4.78, 5) is 0. The molecule has 0 atom stereocenters. The molecule has 0 radical (unpaired) electrons. The molecule has 94 valence electrons. The van der Waals surface area contributed by atoms with Crippen LogP contribution in [0.15, 0.2) is 36.5 Å². The fraction of sp³-hybridized carbons (Fsp3) is 0.353. The Morgan fingerprint density at radius 3 is 2.61 bits per heavy atom. The second-order valence-corrected chi connectivity index (χ2v) is 4.16. The van der Waals surface area contributed by atoms with Gasteiger partial charge >= 0.3 is 0 Å². The maximum atomic E-state index is 8.17. The smallest absolute Gasteiger partial charge is 0.201 e. The number of rotatable bonds is 3. The average Bonchev–Trinajstić information content (AvgIpc) is 2.53. The van der Waals surface area contributed by atoms with Crippen molar-refractivity contribution in [3.8, 4) is 11.3 Å². The predicted molar refractivity (Wildman–Crippen MR) is 76.5 cm³/mol. The van der Waals surface area contributed by atoms with Crippen LogP contribution in [-0.4, -0.2) is 0 Å². The van der Waals surface area contributed by atoms with Gasteiger partial charge in [0.1, 0.15) is 7.05 Å². The van der Waals surface area contributed by atoms with Gasteiger partial charge in [-0.1, -0.05) is 31.9 Å². The summed E-state index contributed by atoms with van der Waals surface area (Å²) in [5.74, 6) is 0. The summed E-state index contributed by atoms with van der Waals surface area (Å²) < 4.78 is 79.4. The number of hydrogen-bond donors (Lipinski definition) is 0. The van der Waals surface area contributed by atoms with Crippen LogP contribution in [0.25, 0.3) is 11.3 Å². The normalized spacial score (nSPS) is 21.9. The third-order valence-electron chi connectivity index (χ3n) is 2.96. The van der Waals surface area contributed by atoms with E-state index in [0.29, 0.717) is 11.3 Å². The fourth-order valence-corrected chi connectivity index (χ4v) is 1.98. The van der Waals surface area contributed by atoms with E-state index in [0.717, 1.165) is 5.56 Å². The molecule has 0 fully saturated rings. The van der Waals surface area contributed by atoms with Gasteiger partial charge in [-0.15, -0.1) is 0 Å². The molecular formula is C17H22N+. The molecule has 0 aliphatic carbocycles. The molecule has 1 heteroatoms. The highest BCUT2D eigenvalue weighted by atomic mass is 14.9. The van der Waals surface area contributed by atoms with Gasteiger partial charge in [-0.05, 0) is 36.9 Å². The molecule has 0 bridgehead atoms. The minimum atomic E-state index is -3.12. The molecule has 0 aliphatic heterocycles. The van der Waals surface area contributed by atoms with Crippen LogP contribution in [0.5, 0.6) is 0 Å². The lowest BCUT2D eigenvalue weighted by Gasteiger charge is -2.09. The number of benzene rings is 1. The average molecular weight is 250 g/mol. The third-order valence-corrected chi connectivity index (χ3v) is 2.96. The fourth-order valence-electron chi connectivity index (χ4n) is 1.98. The van der Waals surface area contributed by atoms with Crippen LogP contribution < -0.4 is 4.57 Å². The first kappa shape index (κ1) is 5.16. The number of aryl methyl sites for hydroxylation is 4. The molecular weight excluding hydrogens is 218 g/mol. The van der Waals surface area contributed by atoms with E-state index in [1.807, 2.05) is 19.1 Å². The van der Waals surface area contributed by atoms with Crippen molar-refractivity contribution in [1.29, 1.82) is 0 Å². The van der Waals surface area contributed by atoms with E-state index in [1.165, 1.54) is 16.8 Å². The van der Waals surface area contributed by atoms with Crippen LogP contribution in [0.2, 0.25) is 0 Å². The lowest BCUT2D eigenvalue weighted by molar-refractivity contribution is -0.660. The van der Waals surface area contributed by atoms with E-state index >= 15 is 0 Å². The van der Waals surface area contributed by atoms with E-state index in [9.17, 15) is 0 Å². The van der Waals surface area contributed by atoms with Crippen molar-refractivity contribution in [3.05, 3.63) is 53.2 Å². The molecule has 0 unspecified atom stereocenters. The van der Waals surface area contributed by atoms with Crippen LogP contribution in [0.4, 0.5) is 0 Å². The Bertz CT molecular complexity index is 880. The largest absolute Gasteiger partial charge is 0.212 e. The first-order chi connectivity index (χ1) is 12.5. The van der Waals surface area contributed by atoms with Crippen molar-refractivity contribution < 1.29 is 18.3 Å². The highest BCUT2D eigenvalue weighted by molar-refractivity contribution is 5.61. The summed E-state index contributed by atoms with van der Waals surface area (Å²) >= 11 is 0. The minimum absolute atomic E-state index is 0.450. The van der Waals surface area contributed by atoms with Crippen LogP contribution >= 0.6 is 0 Å². The third kappa shape index (κ3) is 2.31. The van der Waals surface area contributed by atoms with Gasteiger partial charge in [0.15, 0.2) is 6.20 Å². The summed E-state index contributed by atoms with van der Waals surface area (Å²) in [7, 11) is 1.58. The van der Waals surface area contributed by atoms with Gasteiger partial charge < -0.3 is 0 Å². The summed E-state index contributed by atoms with van der Waals surface area (Å²) in [5.41, 5.74) is 1.00. The Hall–Kier alpha value is -1.63. The van der Waals surface area contributed by atoms with Crippen molar-refractivity contribution >= 4 is 0 Å². The minimum Gasteiger partial charge on any atom is -0.201 e. The Balaban J connectivity index is 2.93. The molecule has 1 aromatic heterocycles. The monoisotopic (exact) mass is 250 g/mol. The molecule has 0 spiro atoms. The first-order valence-corrected chi connectivity index (χ1v) is 5.62. The molecule has 0 N–H and O–H groups in total. The quantitative estimate of drug-likeness (QED) is 0.733. The molecule has 2 rings (SSSR count). The Labute approximate surface area is 124 Å². The van der Waals surface area contributed by atoms with Crippen molar-refractivity contribution in [2.75, 3.05) is 0 Å². The van der Waals surface area contributed by atoms with Crippen LogP contribution in [-0.2, 0) is 19.8 Å². The van der Waals surface area contributed by atoms with E-state index in [2.05, 4.69) is 0 Å². The van der Waals surface area contributed by atoms with Gasteiger partial charge in [0.2, 0.25) is 5.69 Å². The molecule has 0 saturated heterocycles. The number of pyridine rings is 1. The highest BCUT2D eigenvalue weighted by Crippen LogP contribution is 2.22. The topological polar surface area (TPSA) is 3.88 Å². The van der Waals surface area contributed by atoms with Gasteiger partial charge in [0, 0.05) is 30.9 Å². The second kappa shape index (κ2) is 5.34. The van der Waals surface area contributed by atoms with Gasteiger partial charge in [-0.2, -0.15) is 0 Å². The van der Waals surface area contributed by atoms with Gasteiger partial charge in [0.25, 0.3) is 0 Å². The summed E-state index contributed by atoms with van der Waals surface area (Å²) in [6.07, 6.45) is -4.72. The summed E-state index contributed by atoms with van der Waals surface area (Å²) in [6.45, 7) is -4.39. The highest BCUT2D eigenvalue weighted by Gasteiger charge is 2.15. The molecule has 0 aliphatic rings. The maximum absolute atomic E-state index is 8.17. The molecule has 1 heterocycles. The van der Waals surface area contributed by atoms with Crippen molar-refractivity contribution in [1.82, 2.24) is 0 Å². The zero-order valence-electron chi connectivity index (χ0n) is 20.4. The van der Waals surface area contributed by atoms with Crippen LogP contribution in [0.3, 0.4) is 0 Å². The van der Waals surface area contributed by atoms with E-state index in [1.54, 1.807) is 19.2 Å². The zero-order valence-corrected chi connectivity index (χ0v) is 10.4. The molecule has 18 heavy (non-hydrogen) atoms. The van der Waals surface area contributed by atoms with Crippen molar-refractivity contribution in [2.24, 2.45) is 7.05 Å². The summed E-state index contributed by atoms with van der Waals surface area (Å²) in [6, 6.07) is 8.45. The SMILES string of the molecule is [2H]C([2H])([2H])C([2H])([2H])c1cc(-c2ccccc2C)[n+](C)cc1C([2H])([2H])C([2H])([2H])[2H]. The van der Waals surface area contributed by atoms with Crippen molar-refractivity contribution in [2.45, 2.75) is 33.4 Å². The van der Waals surface area contributed by atoms with Gasteiger partial charge in [-0.3, -0.25) is 0 Å².